The molecule has 1 aromatic carbocycles. The number of carbonyl (C=O) groups excluding carboxylic acids is 1. The molecule has 1 aromatic rings. The van der Waals surface area contributed by atoms with Gasteiger partial charge in [-0.1, -0.05) is 59.8 Å². The van der Waals surface area contributed by atoms with Gasteiger partial charge in [-0.3, -0.25) is 4.79 Å². The van der Waals surface area contributed by atoms with E-state index < -0.39 is 59.2 Å². The van der Waals surface area contributed by atoms with Crippen LogP contribution in [-0.2, 0) is 29.7 Å². The molecular weight excluding hydrogens is 544 g/mol. The highest BCUT2D eigenvalue weighted by molar-refractivity contribution is 6.74. The Hall–Kier alpha value is -1.54. The van der Waals surface area contributed by atoms with Crippen molar-refractivity contribution in [3.63, 3.8) is 0 Å². The van der Waals surface area contributed by atoms with E-state index in [2.05, 4.69) is 67.7 Å². The number of carbonyl (C=O) groups is 1. The SMILES string of the molecule is COc1ccc(CO[C@@H]2[C@@H](O)[C@@H](O)[C@@H](OC(C)=O)/C=C\[C@@H](O[Si](C)(C)C(C)(C)C)[C@@H]2O[Si](C)(C)C(C)(C)C)cc1. The second kappa shape index (κ2) is 13.2. The van der Waals surface area contributed by atoms with Gasteiger partial charge >= 0.3 is 5.97 Å². The molecule has 1 aliphatic carbocycles. The van der Waals surface area contributed by atoms with Gasteiger partial charge in [0.2, 0.25) is 0 Å². The molecule has 0 aliphatic heterocycles. The monoisotopic (exact) mass is 596 g/mol. The van der Waals surface area contributed by atoms with Gasteiger partial charge in [0.15, 0.2) is 16.6 Å². The predicted molar refractivity (Wildman–Crippen MR) is 162 cm³/mol. The molecule has 228 valence electrons. The summed E-state index contributed by atoms with van der Waals surface area (Å²) in [6.45, 7) is 23.0. The maximum Gasteiger partial charge on any atom is 0.303 e. The summed E-state index contributed by atoms with van der Waals surface area (Å²) in [4.78, 5) is 11.9. The highest BCUT2D eigenvalue weighted by atomic mass is 28.4. The lowest BCUT2D eigenvalue weighted by Gasteiger charge is -2.48. The third-order valence-corrected chi connectivity index (χ3v) is 17.5. The molecule has 0 saturated heterocycles. The molecule has 0 saturated carbocycles. The van der Waals surface area contributed by atoms with Crippen LogP contribution in [0.1, 0.15) is 54.0 Å². The Morgan fingerprint density at radius 1 is 0.800 bits per heavy atom. The Kier molecular flexibility index (Phi) is 11.4. The van der Waals surface area contributed by atoms with Crippen LogP contribution in [0.5, 0.6) is 5.75 Å². The Balaban J connectivity index is 2.64. The first-order chi connectivity index (χ1) is 18.2. The summed E-state index contributed by atoms with van der Waals surface area (Å²) in [6, 6.07) is 7.46. The van der Waals surface area contributed by atoms with Crippen LogP contribution in [0.15, 0.2) is 36.4 Å². The molecule has 0 fully saturated rings. The average molecular weight is 597 g/mol. The minimum atomic E-state index is -2.42. The van der Waals surface area contributed by atoms with E-state index in [1.54, 1.807) is 13.2 Å². The van der Waals surface area contributed by atoms with Gasteiger partial charge in [0.25, 0.3) is 0 Å². The van der Waals surface area contributed by atoms with Gasteiger partial charge in [-0.15, -0.1) is 0 Å². The lowest BCUT2D eigenvalue weighted by molar-refractivity contribution is -0.178. The van der Waals surface area contributed by atoms with Crippen molar-refractivity contribution in [3.05, 3.63) is 42.0 Å². The largest absolute Gasteiger partial charge is 0.497 e. The van der Waals surface area contributed by atoms with E-state index >= 15 is 0 Å². The third kappa shape index (κ3) is 8.73. The molecule has 2 N–H and O–H groups in total. The van der Waals surface area contributed by atoms with Crippen molar-refractivity contribution < 1.29 is 38.1 Å². The topological polar surface area (TPSA) is 104 Å². The van der Waals surface area contributed by atoms with Gasteiger partial charge in [-0.25, -0.2) is 0 Å². The summed E-state index contributed by atoms with van der Waals surface area (Å²) in [5, 5.41) is 22.6. The smallest absolute Gasteiger partial charge is 0.303 e. The number of hydrogen-bond acceptors (Lipinski definition) is 8. The number of aliphatic hydroxyl groups is 2. The van der Waals surface area contributed by atoms with Crippen LogP contribution in [0.4, 0.5) is 0 Å². The van der Waals surface area contributed by atoms with Crippen LogP contribution in [0.2, 0.25) is 36.3 Å². The number of hydrogen-bond donors (Lipinski definition) is 2. The number of benzene rings is 1. The Labute approximate surface area is 243 Å². The average Bonchev–Trinajstić information content (AvgIpc) is 2.82. The molecule has 8 nitrogen and oxygen atoms in total. The summed E-state index contributed by atoms with van der Waals surface area (Å²) in [5.41, 5.74) is 0.865. The van der Waals surface area contributed by atoms with Crippen molar-refractivity contribution in [2.45, 2.75) is 128 Å². The summed E-state index contributed by atoms with van der Waals surface area (Å²) in [5.74, 6) is 0.162. The maximum absolute atomic E-state index is 11.9. The van der Waals surface area contributed by atoms with Gasteiger partial charge in [-0.05, 0) is 60.0 Å². The van der Waals surface area contributed by atoms with E-state index in [4.69, 9.17) is 23.1 Å². The Bertz CT molecular complexity index is 994. The number of rotatable bonds is 9. The van der Waals surface area contributed by atoms with Gasteiger partial charge in [-0.2, -0.15) is 0 Å². The number of methoxy groups -OCH3 is 1. The minimum Gasteiger partial charge on any atom is -0.497 e. The fourth-order valence-corrected chi connectivity index (χ4v) is 6.44. The predicted octanol–water partition coefficient (Wildman–Crippen LogP) is 5.58. The van der Waals surface area contributed by atoms with Gasteiger partial charge in [0.05, 0.1) is 19.8 Å². The molecule has 10 heteroatoms. The standard InChI is InChI=1S/C30H52O8Si2/c1-20(31)36-23-17-18-24(37-39(9,10)29(2,3)4)27(38-40(11,12)30(5,6)7)28(26(33)25(23)32)35-19-21-13-15-22(34-8)16-14-21/h13-18,23-28,32-33H,19H2,1-12H3/b18-17-/t23-,24+,25-,26-,27-,28+/m0/s1. The first-order valence-electron chi connectivity index (χ1n) is 14.0. The zero-order chi connectivity index (χ0) is 30.7. The zero-order valence-electron chi connectivity index (χ0n) is 26.5. The molecule has 0 heterocycles. The third-order valence-electron chi connectivity index (χ3n) is 8.54. The normalized spacial score (nSPS) is 27.4. The molecule has 6 atom stereocenters. The number of esters is 1. The summed E-state index contributed by atoms with van der Waals surface area (Å²) < 4.78 is 31.0. The van der Waals surface area contributed by atoms with Crippen molar-refractivity contribution in [2.24, 2.45) is 0 Å². The lowest BCUT2D eigenvalue weighted by Crippen LogP contribution is -2.61. The zero-order valence-corrected chi connectivity index (χ0v) is 28.5. The van der Waals surface area contributed by atoms with Crippen molar-refractivity contribution in [3.8, 4) is 5.75 Å². The van der Waals surface area contributed by atoms with Crippen molar-refractivity contribution in [1.29, 1.82) is 0 Å². The first kappa shape index (κ1) is 34.7. The molecule has 0 radical (unpaired) electrons. The molecule has 2 rings (SSSR count). The second-order valence-electron chi connectivity index (χ2n) is 13.7. The van der Waals surface area contributed by atoms with E-state index in [0.29, 0.717) is 0 Å². The van der Waals surface area contributed by atoms with Crippen LogP contribution in [0.25, 0.3) is 0 Å². The fraction of sp³-hybridized carbons (Fsp3) is 0.700. The van der Waals surface area contributed by atoms with E-state index in [9.17, 15) is 15.0 Å². The Morgan fingerprint density at radius 2 is 1.30 bits per heavy atom. The fourth-order valence-electron chi connectivity index (χ4n) is 3.90. The molecule has 0 spiro atoms. The first-order valence-corrected chi connectivity index (χ1v) is 19.8. The van der Waals surface area contributed by atoms with Crippen LogP contribution < -0.4 is 4.74 Å². The van der Waals surface area contributed by atoms with Crippen LogP contribution in [0, 0.1) is 0 Å². The van der Waals surface area contributed by atoms with Crippen molar-refractivity contribution in [2.75, 3.05) is 7.11 Å². The van der Waals surface area contributed by atoms with Crippen LogP contribution in [-0.4, -0.2) is 76.6 Å². The van der Waals surface area contributed by atoms with Gasteiger partial charge < -0.3 is 33.3 Å². The highest BCUT2D eigenvalue weighted by Gasteiger charge is 2.50. The van der Waals surface area contributed by atoms with Crippen LogP contribution in [0.3, 0.4) is 0 Å². The second-order valence-corrected chi connectivity index (χ2v) is 23.3. The quantitative estimate of drug-likeness (QED) is 0.216. The van der Waals surface area contributed by atoms with Crippen molar-refractivity contribution in [1.82, 2.24) is 0 Å². The molecule has 40 heavy (non-hydrogen) atoms. The molecular formula is C30H52O8Si2. The summed E-state index contributed by atoms with van der Waals surface area (Å²) in [6.07, 6.45) is -2.83. The van der Waals surface area contributed by atoms with Crippen LogP contribution >= 0.6 is 0 Å². The molecule has 1 aliphatic rings. The lowest BCUT2D eigenvalue weighted by atomic mass is 9.92. The number of ether oxygens (including phenoxy) is 3. The minimum absolute atomic E-state index is 0.0996. The molecule has 0 amide bonds. The maximum atomic E-state index is 11.9. The van der Waals surface area contributed by atoms with E-state index in [1.807, 2.05) is 30.3 Å². The van der Waals surface area contributed by atoms with Gasteiger partial charge in [0.1, 0.15) is 36.3 Å². The summed E-state index contributed by atoms with van der Waals surface area (Å²) >= 11 is 0. The summed E-state index contributed by atoms with van der Waals surface area (Å²) in [7, 11) is -3.17. The van der Waals surface area contributed by atoms with Crippen molar-refractivity contribution >= 4 is 22.6 Å². The Morgan fingerprint density at radius 3 is 1.77 bits per heavy atom. The van der Waals surface area contributed by atoms with E-state index in [1.165, 1.54) is 6.92 Å². The molecule has 0 aromatic heterocycles. The van der Waals surface area contributed by atoms with E-state index in [-0.39, 0.29) is 16.7 Å². The number of aliphatic hydroxyl groups excluding tert-OH is 2. The van der Waals surface area contributed by atoms with E-state index in [0.717, 1.165) is 11.3 Å². The van der Waals surface area contributed by atoms with Gasteiger partial charge in [0, 0.05) is 6.92 Å². The molecule has 0 bridgehead atoms. The molecule has 0 unspecified atom stereocenters. The highest BCUT2D eigenvalue weighted by Crippen LogP contribution is 2.42.